The Kier molecular flexibility index (Phi) is 4.83. The molecular weight excluding hydrogens is 214 g/mol. The standard InChI is InChI=1S/C14H27NO2/c1-12-5-3-7-14(11-12)13(6-4-9-16-2)15-8-10-17-14/h12-13,15H,3-11H2,1-2H3. The topological polar surface area (TPSA) is 30.5 Å². The van der Waals surface area contributed by atoms with Crippen LogP contribution in [-0.4, -0.2) is 38.5 Å². The molecule has 0 radical (unpaired) electrons. The summed E-state index contributed by atoms with van der Waals surface area (Å²) in [7, 11) is 1.78. The molecule has 0 aromatic rings. The van der Waals surface area contributed by atoms with E-state index in [4.69, 9.17) is 9.47 Å². The molecular formula is C14H27NO2. The average Bonchev–Trinajstić information content (AvgIpc) is 2.32. The molecule has 2 fully saturated rings. The maximum Gasteiger partial charge on any atom is 0.0837 e. The van der Waals surface area contributed by atoms with Crippen molar-refractivity contribution in [2.45, 2.75) is 57.1 Å². The summed E-state index contributed by atoms with van der Waals surface area (Å²) in [4.78, 5) is 0. The summed E-state index contributed by atoms with van der Waals surface area (Å²) in [6, 6.07) is 0.536. The third kappa shape index (κ3) is 3.21. The molecule has 17 heavy (non-hydrogen) atoms. The van der Waals surface area contributed by atoms with Gasteiger partial charge >= 0.3 is 0 Å². The summed E-state index contributed by atoms with van der Waals surface area (Å²) < 4.78 is 11.4. The molecule has 1 aliphatic heterocycles. The van der Waals surface area contributed by atoms with Gasteiger partial charge in [0.15, 0.2) is 0 Å². The predicted molar refractivity (Wildman–Crippen MR) is 69.2 cm³/mol. The first-order valence-electron chi connectivity index (χ1n) is 7.13. The molecule has 0 aromatic heterocycles. The van der Waals surface area contributed by atoms with Gasteiger partial charge in [-0.3, -0.25) is 0 Å². The molecule has 3 heteroatoms. The number of hydrogen-bond donors (Lipinski definition) is 1. The second-order valence-electron chi connectivity index (χ2n) is 5.76. The molecule has 1 spiro atoms. The molecule has 1 saturated carbocycles. The third-order valence-electron chi connectivity index (χ3n) is 4.35. The molecule has 1 heterocycles. The van der Waals surface area contributed by atoms with Crippen molar-refractivity contribution in [3.05, 3.63) is 0 Å². The summed E-state index contributed by atoms with van der Waals surface area (Å²) in [5.41, 5.74) is 0.129. The van der Waals surface area contributed by atoms with Gasteiger partial charge in [0, 0.05) is 26.3 Å². The Hall–Kier alpha value is -0.120. The fourth-order valence-corrected chi connectivity index (χ4v) is 3.56. The van der Waals surface area contributed by atoms with E-state index in [1.54, 1.807) is 7.11 Å². The highest BCUT2D eigenvalue weighted by atomic mass is 16.5. The van der Waals surface area contributed by atoms with E-state index in [0.717, 1.165) is 32.1 Å². The summed E-state index contributed by atoms with van der Waals surface area (Å²) in [6.45, 7) is 5.12. The van der Waals surface area contributed by atoms with Gasteiger partial charge in [-0.25, -0.2) is 0 Å². The summed E-state index contributed by atoms with van der Waals surface area (Å²) >= 11 is 0. The van der Waals surface area contributed by atoms with Gasteiger partial charge in [0.25, 0.3) is 0 Å². The zero-order valence-corrected chi connectivity index (χ0v) is 11.3. The van der Waals surface area contributed by atoms with E-state index in [-0.39, 0.29) is 5.60 Å². The molecule has 3 unspecified atom stereocenters. The molecule has 3 nitrogen and oxygen atoms in total. The number of methoxy groups -OCH3 is 1. The van der Waals surface area contributed by atoms with Crippen molar-refractivity contribution in [1.29, 1.82) is 0 Å². The van der Waals surface area contributed by atoms with Crippen LogP contribution in [-0.2, 0) is 9.47 Å². The second kappa shape index (κ2) is 6.17. The van der Waals surface area contributed by atoms with E-state index >= 15 is 0 Å². The number of morpholine rings is 1. The molecule has 0 aromatic carbocycles. The molecule has 0 bridgehead atoms. The van der Waals surface area contributed by atoms with Crippen LogP contribution in [0.3, 0.4) is 0 Å². The highest BCUT2D eigenvalue weighted by molar-refractivity contribution is 4.99. The number of rotatable bonds is 4. The van der Waals surface area contributed by atoms with Gasteiger partial charge in [0.2, 0.25) is 0 Å². The van der Waals surface area contributed by atoms with Crippen molar-refractivity contribution >= 4 is 0 Å². The van der Waals surface area contributed by atoms with Crippen molar-refractivity contribution < 1.29 is 9.47 Å². The Bertz CT molecular complexity index is 230. The Morgan fingerprint density at radius 3 is 3.12 bits per heavy atom. The molecule has 100 valence electrons. The van der Waals surface area contributed by atoms with E-state index in [2.05, 4.69) is 12.2 Å². The Balaban J connectivity index is 1.95. The average molecular weight is 241 g/mol. The van der Waals surface area contributed by atoms with Crippen molar-refractivity contribution in [2.24, 2.45) is 5.92 Å². The van der Waals surface area contributed by atoms with Gasteiger partial charge in [-0.1, -0.05) is 19.8 Å². The van der Waals surface area contributed by atoms with Crippen LogP contribution < -0.4 is 5.32 Å². The van der Waals surface area contributed by atoms with Gasteiger partial charge in [-0.15, -0.1) is 0 Å². The minimum absolute atomic E-state index is 0.129. The largest absolute Gasteiger partial charge is 0.385 e. The van der Waals surface area contributed by atoms with Gasteiger partial charge in [-0.05, 0) is 31.6 Å². The summed E-state index contributed by atoms with van der Waals surface area (Å²) in [5, 5.41) is 3.68. The lowest BCUT2D eigenvalue weighted by Crippen LogP contribution is -2.59. The van der Waals surface area contributed by atoms with Crippen molar-refractivity contribution in [3.8, 4) is 0 Å². The van der Waals surface area contributed by atoms with Crippen LogP contribution in [0.4, 0.5) is 0 Å². The van der Waals surface area contributed by atoms with Gasteiger partial charge < -0.3 is 14.8 Å². The van der Waals surface area contributed by atoms with Crippen molar-refractivity contribution in [1.82, 2.24) is 5.32 Å². The number of nitrogens with one attached hydrogen (secondary N) is 1. The van der Waals surface area contributed by atoms with Crippen LogP contribution in [0.25, 0.3) is 0 Å². The Morgan fingerprint density at radius 1 is 1.47 bits per heavy atom. The molecule has 2 aliphatic rings. The lowest BCUT2D eigenvalue weighted by molar-refractivity contribution is -0.128. The van der Waals surface area contributed by atoms with Gasteiger partial charge in [0.1, 0.15) is 0 Å². The van der Waals surface area contributed by atoms with Crippen LogP contribution >= 0.6 is 0 Å². The minimum Gasteiger partial charge on any atom is -0.385 e. The molecule has 3 atom stereocenters. The molecule has 1 aliphatic carbocycles. The molecule has 1 saturated heterocycles. The molecule has 1 N–H and O–H groups in total. The van der Waals surface area contributed by atoms with Crippen LogP contribution in [0.5, 0.6) is 0 Å². The quantitative estimate of drug-likeness (QED) is 0.766. The van der Waals surface area contributed by atoms with Crippen molar-refractivity contribution in [2.75, 3.05) is 26.9 Å². The van der Waals surface area contributed by atoms with E-state index < -0.39 is 0 Å². The minimum atomic E-state index is 0.129. The van der Waals surface area contributed by atoms with E-state index in [1.165, 1.54) is 32.1 Å². The fraction of sp³-hybridized carbons (Fsp3) is 1.00. The fourth-order valence-electron chi connectivity index (χ4n) is 3.56. The maximum absolute atomic E-state index is 6.22. The Morgan fingerprint density at radius 2 is 2.35 bits per heavy atom. The van der Waals surface area contributed by atoms with Gasteiger partial charge in [-0.2, -0.15) is 0 Å². The molecule has 2 rings (SSSR count). The maximum atomic E-state index is 6.22. The van der Waals surface area contributed by atoms with Crippen LogP contribution in [0, 0.1) is 5.92 Å². The summed E-state index contributed by atoms with van der Waals surface area (Å²) in [5.74, 6) is 0.813. The van der Waals surface area contributed by atoms with Crippen LogP contribution in [0.15, 0.2) is 0 Å². The number of hydrogen-bond acceptors (Lipinski definition) is 3. The smallest absolute Gasteiger partial charge is 0.0837 e. The Labute approximate surface area is 105 Å². The monoisotopic (exact) mass is 241 g/mol. The second-order valence-corrected chi connectivity index (χ2v) is 5.76. The zero-order valence-electron chi connectivity index (χ0n) is 11.3. The first kappa shape index (κ1) is 13.3. The highest BCUT2D eigenvalue weighted by Crippen LogP contribution is 2.40. The van der Waals surface area contributed by atoms with E-state index in [0.29, 0.717) is 6.04 Å². The normalized spacial score (nSPS) is 38.5. The third-order valence-corrected chi connectivity index (χ3v) is 4.35. The zero-order chi connectivity index (χ0) is 12.1. The number of ether oxygens (including phenoxy) is 2. The van der Waals surface area contributed by atoms with Crippen LogP contribution in [0.1, 0.15) is 45.4 Å². The lowest BCUT2D eigenvalue weighted by atomic mass is 9.73. The van der Waals surface area contributed by atoms with E-state index in [1.807, 2.05) is 0 Å². The highest BCUT2D eigenvalue weighted by Gasteiger charge is 2.44. The predicted octanol–water partition coefficient (Wildman–Crippen LogP) is 2.35. The van der Waals surface area contributed by atoms with E-state index in [9.17, 15) is 0 Å². The van der Waals surface area contributed by atoms with Crippen LogP contribution in [0.2, 0.25) is 0 Å². The first-order chi connectivity index (χ1) is 8.27. The first-order valence-corrected chi connectivity index (χ1v) is 7.13. The lowest BCUT2D eigenvalue weighted by Gasteiger charge is -2.48. The molecule has 0 amide bonds. The summed E-state index contributed by atoms with van der Waals surface area (Å²) in [6.07, 6.45) is 7.48. The van der Waals surface area contributed by atoms with Crippen molar-refractivity contribution in [3.63, 3.8) is 0 Å². The van der Waals surface area contributed by atoms with Gasteiger partial charge in [0.05, 0.1) is 12.2 Å². The SMILES string of the molecule is COCCCC1NCCOC12CCCC(C)C2.